The summed E-state index contributed by atoms with van der Waals surface area (Å²) in [5, 5.41) is 23.9. The predicted octanol–water partition coefficient (Wildman–Crippen LogP) is 4.05. The fourth-order valence-electron chi connectivity index (χ4n) is 4.36. The Hall–Kier alpha value is -3.46. The van der Waals surface area contributed by atoms with Crippen molar-refractivity contribution in [2.24, 2.45) is 0 Å². The summed E-state index contributed by atoms with van der Waals surface area (Å²) in [5.74, 6) is -0.213. The summed E-state index contributed by atoms with van der Waals surface area (Å²) in [6.45, 7) is 3.43. The van der Waals surface area contributed by atoms with Crippen molar-refractivity contribution in [3.63, 3.8) is 0 Å². The minimum absolute atomic E-state index is 0.00284. The number of aromatic nitrogens is 3. The molecule has 2 aromatic heterocycles. The number of amides is 1. The van der Waals surface area contributed by atoms with E-state index in [2.05, 4.69) is 25.8 Å². The van der Waals surface area contributed by atoms with Crippen molar-refractivity contribution in [3.05, 3.63) is 71.8 Å². The minimum atomic E-state index is -1.14. The lowest BCUT2D eigenvalue weighted by Gasteiger charge is -2.31. The van der Waals surface area contributed by atoms with Crippen LogP contribution in [0.25, 0.3) is 11.3 Å². The van der Waals surface area contributed by atoms with E-state index < -0.39 is 17.4 Å². The van der Waals surface area contributed by atoms with Crippen LogP contribution in [0.1, 0.15) is 49.2 Å². The highest BCUT2D eigenvalue weighted by atomic mass is 19.1. The minimum Gasteiger partial charge on any atom is -0.393 e. The number of alkyl halides is 1. The first-order chi connectivity index (χ1) is 16.7. The summed E-state index contributed by atoms with van der Waals surface area (Å²) >= 11 is 0. The SMILES string of the molecule is C[C@H](F)C[C@@](C)(CNc1ccc(-c2cccc(C(=O)NC3CC(O)C3)c2)nn1)c1ncccc1F. The van der Waals surface area contributed by atoms with Crippen LogP contribution in [0.2, 0.25) is 0 Å². The number of hydrogen-bond acceptors (Lipinski definition) is 6. The topological polar surface area (TPSA) is 100 Å². The maximum absolute atomic E-state index is 14.4. The first-order valence-electron chi connectivity index (χ1n) is 11.7. The monoisotopic (exact) mass is 481 g/mol. The smallest absolute Gasteiger partial charge is 0.251 e. The van der Waals surface area contributed by atoms with Crippen LogP contribution in [0.3, 0.4) is 0 Å². The second-order valence-electron chi connectivity index (χ2n) is 9.41. The highest BCUT2D eigenvalue weighted by molar-refractivity contribution is 5.95. The van der Waals surface area contributed by atoms with Crippen molar-refractivity contribution < 1.29 is 18.7 Å². The molecule has 0 aliphatic heterocycles. The molecule has 3 N–H and O–H groups in total. The normalized spacial score (nSPS) is 19.8. The van der Waals surface area contributed by atoms with E-state index in [0.29, 0.717) is 29.9 Å². The maximum Gasteiger partial charge on any atom is 0.251 e. The molecule has 0 saturated heterocycles. The van der Waals surface area contributed by atoms with Gasteiger partial charge in [0.25, 0.3) is 5.91 Å². The van der Waals surface area contributed by atoms with Gasteiger partial charge in [0.1, 0.15) is 11.6 Å². The van der Waals surface area contributed by atoms with Crippen LogP contribution in [0, 0.1) is 5.82 Å². The van der Waals surface area contributed by atoms with Crippen LogP contribution in [0.15, 0.2) is 54.7 Å². The van der Waals surface area contributed by atoms with E-state index in [1.807, 2.05) is 6.07 Å². The van der Waals surface area contributed by atoms with Gasteiger partial charge in [0, 0.05) is 35.3 Å². The number of halogens is 2. The average Bonchev–Trinajstić information content (AvgIpc) is 2.82. The number of carbonyl (C=O) groups is 1. The molecule has 1 amide bonds. The van der Waals surface area contributed by atoms with Crippen molar-refractivity contribution in [1.82, 2.24) is 20.5 Å². The van der Waals surface area contributed by atoms with Gasteiger partial charge in [0.2, 0.25) is 0 Å². The Morgan fingerprint density at radius 2 is 2.00 bits per heavy atom. The van der Waals surface area contributed by atoms with Gasteiger partial charge in [-0.25, -0.2) is 8.78 Å². The lowest BCUT2D eigenvalue weighted by Crippen LogP contribution is -2.46. The summed E-state index contributed by atoms with van der Waals surface area (Å²) < 4.78 is 28.4. The molecule has 0 bridgehead atoms. The zero-order chi connectivity index (χ0) is 25.0. The number of anilines is 1. The molecule has 0 unspecified atom stereocenters. The van der Waals surface area contributed by atoms with Crippen LogP contribution in [-0.4, -0.2) is 51.1 Å². The fraction of sp³-hybridized carbons (Fsp3) is 0.385. The Labute approximate surface area is 203 Å². The average molecular weight is 482 g/mol. The molecule has 184 valence electrons. The van der Waals surface area contributed by atoms with Gasteiger partial charge in [-0.15, -0.1) is 10.2 Å². The van der Waals surface area contributed by atoms with Crippen molar-refractivity contribution in [1.29, 1.82) is 0 Å². The Balaban J connectivity index is 1.44. The van der Waals surface area contributed by atoms with Gasteiger partial charge in [0.05, 0.1) is 23.7 Å². The molecule has 0 radical (unpaired) electrons. The second-order valence-corrected chi connectivity index (χ2v) is 9.41. The quantitative estimate of drug-likeness (QED) is 0.426. The van der Waals surface area contributed by atoms with Crippen molar-refractivity contribution >= 4 is 11.7 Å². The predicted molar refractivity (Wildman–Crippen MR) is 129 cm³/mol. The van der Waals surface area contributed by atoms with E-state index in [1.54, 1.807) is 37.3 Å². The third-order valence-corrected chi connectivity index (χ3v) is 6.26. The molecule has 7 nitrogen and oxygen atoms in total. The van der Waals surface area contributed by atoms with E-state index in [1.165, 1.54) is 25.3 Å². The third kappa shape index (κ3) is 5.97. The van der Waals surface area contributed by atoms with Gasteiger partial charge in [-0.3, -0.25) is 9.78 Å². The molecule has 2 heterocycles. The Morgan fingerprint density at radius 1 is 1.20 bits per heavy atom. The first-order valence-corrected chi connectivity index (χ1v) is 11.7. The summed E-state index contributed by atoms with van der Waals surface area (Å²) in [5.41, 5.74) is 1.13. The molecule has 1 aromatic carbocycles. The number of nitrogens with zero attached hydrogens (tertiary/aromatic N) is 3. The maximum atomic E-state index is 14.4. The van der Waals surface area contributed by atoms with Gasteiger partial charge < -0.3 is 15.7 Å². The van der Waals surface area contributed by atoms with Gasteiger partial charge >= 0.3 is 0 Å². The van der Waals surface area contributed by atoms with Crippen LogP contribution in [-0.2, 0) is 5.41 Å². The van der Waals surface area contributed by atoms with Gasteiger partial charge in [-0.05, 0) is 62.6 Å². The number of pyridine rings is 1. The third-order valence-electron chi connectivity index (χ3n) is 6.26. The van der Waals surface area contributed by atoms with E-state index >= 15 is 0 Å². The number of aliphatic hydroxyl groups is 1. The van der Waals surface area contributed by atoms with E-state index in [9.17, 15) is 18.7 Å². The molecule has 1 aliphatic rings. The Bertz CT molecular complexity index is 1170. The van der Waals surface area contributed by atoms with Crippen molar-refractivity contribution in [3.8, 4) is 11.3 Å². The number of benzene rings is 1. The molecule has 2 atom stereocenters. The second kappa shape index (κ2) is 10.4. The van der Waals surface area contributed by atoms with Crippen LogP contribution in [0.5, 0.6) is 0 Å². The summed E-state index contributed by atoms with van der Waals surface area (Å²) in [6.07, 6.45) is 1.25. The molecule has 4 rings (SSSR count). The lowest BCUT2D eigenvalue weighted by molar-refractivity contribution is 0.0562. The Morgan fingerprint density at radius 3 is 2.66 bits per heavy atom. The number of hydrogen-bond donors (Lipinski definition) is 3. The van der Waals surface area contributed by atoms with E-state index in [0.717, 1.165) is 5.56 Å². The van der Waals surface area contributed by atoms with E-state index in [4.69, 9.17) is 0 Å². The van der Waals surface area contributed by atoms with Gasteiger partial charge in [-0.1, -0.05) is 19.1 Å². The summed E-state index contributed by atoms with van der Waals surface area (Å²) in [7, 11) is 0. The van der Waals surface area contributed by atoms with Crippen molar-refractivity contribution in [2.45, 2.75) is 56.8 Å². The number of carbonyl (C=O) groups excluding carboxylic acids is 1. The number of rotatable bonds is 9. The first kappa shape index (κ1) is 24.7. The molecule has 0 spiro atoms. The number of aliphatic hydroxyl groups excluding tert-OH is 1. The molecule has 1 saturated carbocycles. The van der Waals surface area contributed by atoms with Crippen LogP contribution < -0.4 is 10.6 Å². The fourth-order valence-corrected chi connectivity index (χ4v) is 4.36. The summed E-state index contributed by atoms with van der Waals surface area (Å²) in [6, 6.07) is 13.4. The Kier molecular flexibility index (Phi) is 7.35. The highest BCUT2D eigenvalue weighted by Crippen LogP contribution is 2.31. The van der Waals surface area contributed by atoms with Gasteiger partial charge in [0.15, 0.2) is 0 Å². The molecular formula is C26H29F2N5O2. The lowest BCUT2D eigenvalue weighted by atomic mass is 9.81. The van der Waals surface area contributed by atoms with E-state index in [-0.39, 0.29) is 36.7 Å². The molecule has 1 fully saturated rings. The molecular weight excluding hydrogens is 452 g/mol. The zero-order valence-corrected chi connectivity index (χ0v) is 19.7. The molecule has 9 heteroatoms. The largest absolute Gasteiger partial charge is 0.393 e. The van der Waals surface area contributed by atoms with Crippen LogP contribution in [0.4, 0.5) is 14.6 Å². The zero-order valence-electron chi connectivity index (χ0n) is 19.7. The molecule has 3 aromatic rings. The van der Waals surface area contributed by atoms with Gasteiger partial charge in [-0.2, -0.15) is 0 Å². The standard InChI is InChI=1S/C26H29F2N5O2/c1-16(27)14-26(2,24-21(28)7-4-10-29-24)15-30-23-9-8-22(32-33-23)17-5-3-6-18(11-17)25(35)31-19-12-20(34)13-19/h3-11,16,19-20,34H,12-15H2,1-2H3,(H,30,33)(H,31,35)/t16-,19?,20?,26-/m0/s1. The highest BCUT2D eigenvalue weighted by Gasteiger charge is 2.33. The summed E-state index contributed by atoms with van der Waals surface area (Å²) in [4.78, 5) is 16.7. The number of nitrogens with one attached hydrogen (secondary N) is 2. The van der Waals surface area contributed by atoms with Crippen molar-refractivity contribution in [2.75, 3.05) is 11.9 Å². The van der Waals surface area contributed by atoms with Crippen LogP contribution >= 0.6 is 0 Å². The molecule has 1 aliphatic carbocycles. The molecule has 35 heavy (non-hydrogen) atoms.